The number of carbonyl (C=O) groups excluding carboxylic acids is 1. The van der Waals surface area contributed by atoms with Crippen LogP contribution in [0.5, 0.6) is 0 Å². The third-order valence-electron chi connectivity index (χ3n) is 6.35. The predicted octanol–water partition coefficient (Wildman–Crippen LogP) is 4.35. The molecule has 178 valence electrons. The molecule has 0 aliphatic rings. The van der Waals surface area contributed by atoms with E-state index in [0.29, 0.717) is 31.4 Å². The van der Waals surface area contributed by atoms with Crippen LogP contribution in [-0.2, 0) is 28.3 Å². The lowest BCUT2D eigenvalue weighted by molar-refractivity contribution is -0.118. The van der Waals surface area contributed by atoms with Crippen molar-refractivity contribution in [3.63, 3.8) is 0 Å². The number of carbonyl (C=O) groups is 1. The second-order valence-corrected chi connectivity index (χ2v) is 10.2. The van der Waals surface area contributed by atoms with E-state index >= 15 is 0 Å². The van der Waals surface area contributed by atoms with Crippen LogP contribution >= 0.6 is 0 Å². The van der Waals surface area contributed by atoms with E-state index in [1.807, 2.05) is 67.9 Å². The number of aromatic nitrogens is 2. The molecule has 1 heterocycles. The van der Waals surface area contributed by atoms with Gasteiger partial charge in [-0.3, -0.25) is 4.79 Å². The van der Waals surface area contributed by atoms with Crippen molar-refractivity contribution in [2.75, 3.05) is 25.0 Å². The standard InChI is InChI=1S/C26H30N4O3S/c1-5-30(6-2)34(32,33)22-13-14-24-23(18-22)27-25(29(24)4)15-16-26(31)28(3)21-12-11-19-9-7-8-10-20(19)17-21/h7-14,17-18H,5-6,15-16H2,1-4H3. The highest BCUT2D eigenvalue weighted by molar-refractivity contribution is 7.89. The van der Waals surface area contributed by atoms with Crippen LogP contribution in [-0.4, -0.2) is 48.3 Å². The molecule has 0 saturated heterocycles. The molecule has 0 aliphatic heterocycles. The fraction of sp³-hybridized carbons (Fsp3) is 0.308. The lowest BCUT2D eigenvalue weighted by Crippen LogP contribution is -2.30. The molecule has 0 saturated carbocycles. The van der Waals surface area contributed by atoms with E-state index in [1.165, 1.54) is 4.31 Å². The number of imidazole rings is 1. The molecule has 0 aliphatic carbocycles. The number of fused-ring (bicyclic) bond motifs is 2. The Labute approximate surface area is 200 Å². The third kappa shape index (κ3) is 4.43. The van der Waals surface area contributed by atoms with E-state index in [2.05, 4.69) is 4.98 Å². The summed E-state index contributed by atoms with van der Waals surface area (Å²) in [6, 6.07) is 19.1. The summed E-state index contributed by atoms with van der Waals surface area (Å²) < 4.78 is 29.1. The van der Waals surface area contributed by atoms with Gasteiger partial charge in [-0.2, -0.15) is 4.31 Å². The Kier molecular flexibility index (Phi) is 6.72. The molecule has 0 spiro atoms. The fourth-order valence-corrected chi connectivity index (χ4v) is 5.72. The zero-order valence-corrected chi connectivity index (χ0v) is 20.8. The molecule has 0 unspecified atom stereocenters. The lowest BCUT2D eigenvalue weighted by Gasteiger charge is -2.18. The van der Waals surface area contributed by atoms with Crippen LogP contribution in [0.4, 0.5) is 5.69 Å². The minimum Gasteiger partial charge on any atom is -0.331 e. The van der Waals surface area contributed by atoms with Crippen molar-refractivity contribution in [3.05, 3.63) is 66.5 Å². The average Bonchev–Trinajstić information content (AvgIpc) is 3.17. The van der Waals surface area contributed by atoms with Crippen LogP contribution in [0.15, 0.2) is 65.6 Å². The van der Waals surface area contributed by atoms with E-state index in [9.17, 15) is 13.2 Å². The summed E-state index contributed by atoms with van der Waals surface area (Å²) in [4.78, 5) is 19.5. The van der Waals surface area contributed by atoms with Crippen LogP contribution in [0.25, 0.3) is 21.8 Å². The van der Waals surface area contributed by atoms with Crippen molar-refractivity contribution in [2.45, 2.75) is 31.6 Å². The zero-order chi connectivity index (χ0) is 24.5. The van der Waals surface area contributed by atoms with Crippen molar-refractivity contribution < 1.29 is 13.2 Å². The molecule has 0 fully saturated rings. The number of anilines is 1. The maximum atomic E-state index is 12.9. The Hall–Kier alpha value is -3.23. The van der Waals surface area contributed by atoms with Gasteiger partial charge in [0, 0.05) is 45.7 Å². The van der Waals surface area contributed by atoms with Crippen LogP contribution in [0.2, 0.25) is 0 Å². The predicted molar refractivity (Wildman–Crippen MR) is 136 cm³/mol. The second-order valence-electron chi connectivity index (χ2n) is 8.31. The summed E-state index contributed by atoms with van der Waals surface area (Å²) in [6.07, 6.45) is 0.755. The first-order valence-electron chi connectivity index (χ1n) is 11.5. The highest BCUT2D eigenvalue weighted by atomic mass is 32.2. The highest BCUT2D eigenvalue weighted by Gasteiger charge is 2.23. The van der Waals surface area contributed by atoms with Gasteiger partial charge in [-0.1, -0.05) is 44.2 Å². The van der Waals surface area contributed by atoms with Gasteiger partial charge in [0.2, 0.25) is 15.9 Å². The zero-order valence-electron chi connectivity index (χ0n) is 20.0. The molecular formula is C26H30N4O3S. The highest BCUT2D eigenvalue weighted by Crippen LogP contribution is 2.24. The molecule has 0 bridgehead atoms. The Morgan fingerprint density at radius 2 is 1.68 bits per heavy atom. The van der Waals surface area contributed by atoms with Gasteiger partial charge >= 0.3 is 0 Å². The molecule has 1 aromatic heterocycles. The molecule has 3 aromatic carbocycles. The van der Waals surface area contributed by atoms with Crippen molar-refractivity contribution in [2.24, 2.45) is 7.05 Å². The quantitative estimate of drug-likeness (QED) is 0.377. The number of amides is 1. The normalized spacial score (nSPS) is 12.0. The molecule has 4 rings (SSSR count). The molecule has 0 radical (unpaired) electrons. The van der Waals surface area contributed by atoms with Crippen molar-refractivity contribution in [3.8, 4) is 0 Å². The van der Waals surface area contributed by atoms with Crippen LogP contribution in [0.1, 0.15) is 26.1 Å². The van der Waals surface area contributed by atoms with Crippen LogP contribution in [0.3, 0.4) is 0 Å². The first-order chi connectivity index (χ1) is 16.3. The monoisotopic (exact) mass is 478 g/mol. The second kappa shape index (κ2) is 9.56. The first-order valence-corrected chi connectivity index (χ1v) is 12.9. The Balaban J connectivity index is 1.52. The summed E-state index contributed by atoms with van der Waals surface area (Å²) in [5, 5.41) is 2.22. The Morgan fingerprint density at radius 3 is 2.38 bits per heavy atom. The van der Waals surface area contributed by atoms with Gasteiger partial charge in [0.05, 0.1) is 15.9 Å². The van der Waals surface area contributed by atoms with Gasteiger partial charge in [-0.25, -0.2) is 13.4 Å². The number of nitrogens with zero attached hydrogens (tertiary/aromatic N) is 4. The van der Waals surface area contributed by atoms with Crippen LogP contribution < -0.4 is 4.90 Å². The van der Waals surface area contributed by atoms with Gasteiger partial charge in [0.15, 0.2) is 0 Å². The maximum absolute atomic E-state index is 12.9. The number of hydrogen-bond acceptors (Lipinski definition) is 4. The Morgan fingerprint density at radius 1 is 0.971 bits per heavy atom. The number of benzene rings is 3. The van der Waals surface area contributed by atoms with Gasteiger partial charge < -0.3 is 9.47 Å². The summed E-state index contributed by atoms with van der Waals surface area (Å²) in [5.74, 6) is 0.736. The number of sulfonamides is 1. The van der Waals surface area contributed by atoms with Crippen LogP contribution in [0, 0.1) is 0 Å². The molecule has 8 heteroatoms. The van der Waals surface area contributed by atoms with Crippen molar-refractivity contribution in [1.29, 1.82) is 0 Å². The van der Waals surface area contributed by atoms with Gasteiger partial charge in [0.25, 0.3) is 0 Å². The third-order valence-corrected chi connectivity index (χ3v) is 8.39. The Bertz CT molecular complexity index is 1460. The topological polar surface area (TPSA) is 75.5 Å². The van der Waals surface area contributed by atoms with E-state index in [4.69, 9.17) is 0 Å². The molecule has 7 nitrogen and oxygen atoms in total. The van der Waals surface area contributed by atoms with E-state index in [1.54, 1.807) is 30.1 Å². The number of aryl methyl sites for hydroxylation is 2. The maximum Gasteiger partial charge on any atom is 0.243 e. The SMILES string of the molecule is CCN(CC)S(=O)(=O)c1ccc2c(c1)nc(CCC(=O)N(C)c1ccc3ccccc3c1)n2C. The largest absolute Gasteiger partial charge is 0.331 e. The van der Waals surface area contributed by atoms with Gasteiger partial charge in [0.1, 0.15) is 5.82 Å². The van der Waals surface area contributed by atoms with E-state index in [0.717, 1.165) is 27.8 Å². The van der Waals surface area contributed by atoms with E-state index in [-0.39, 0.29) is 10.8 Å². The summed E-state index contributed by atoms with van der Waals surface area (Å²) >= 11 is 0. The summed E-state index contributed by atoms with van der Waals surface area (Å²) in [7, 11) is 0.117. The molecule has 4 aromatic rings. The van der Waals surface area contributed by atoms with Gasteiger partial charge in [-0.05, 0) is 41.1 Å². The average molecular weight is 479 g/mol. The number of hydrogen-bond donors (Lipinski definition) is 0. The summed E-state index contributed by atoms with van der Waals surface area (Å²) in [5.41, 5.74) is 2.30. The molecular weight excluding hydrogens is 448 g/mol. The van der Waals surface area contributed by atoms with E-state index < -0.39 is 10.0 Å². The van der Waals surface area contributed by atoms with Gasteiger partial charge in [-0.15, -0.1) is 0 Å². The lowest BCUT2D eigenvalue weighted by atomic mass is 10.1. The molecule has 1 amide bonds. The minimum atomic E-state index is -3.56. The molecule has 34 heavy (non-hydrogen) atoms. The fourth-order valence-electron chi connectivity index (χ4n) is 4.24. The molecule has 0 atom stereocenters. The minimum absolute atomic E-state index is 0.00728. The molecule has 0 N–H and O–H groups in total. The first kappa shape index (κ1) is 23.9. The smallest absolute Gasteiger partial charge is 0.243 e. The summed E-state index contributed by atoms with van der Waals surface area (Å²) in [6.45, 7) is 4.48. The van der Waals surface area contributed by atoms with Crippen molar-refractivity contribution >= 4 is 43.4 Å². The number of rotatable bonds is 8. The van der Waals surface area contributed by atoms with Crippen molar-refractivity contribution in [1.82, 2.24) is 13.9 Å².